The lowest BCUT2D eigenvalue weighted by atomic mass is 9.83. The van der Waals surface area contributed by atoms with E-state index >= 15 is 0 Å². The van der Waals surface area contributed by atoms with Crippen LogP contribution in [0.1, 0.15) is 26.3 Å². The second kappa shape index (κ2) is 4.08. The summed E-state index contributed by atoms with van der Waals surface area (Å²) in [5, 5.41) is 1.08. The van der Waals surface area contributed by atoms with Gasteiger partial charge in [-0.1, -0.05) is 13.8 Å². The van der Waals surface area contributed by atoms with Crippen molar-refractivity contribution < 1.29 is 0 Å². The molecule has 0 radical (unpaired) electrons. The van der Waals surface area contributed by atoms with Crippen molar-refractivity contribution in [3.8, 4) is 0 Å². The molecule has 0 saturated carbocycles. The van der Waals surface area contributed by atoms with Crippen LogP contribution in [0.2, 0.25) is 0 Å². The fourth-order valence-electron chi connectivity index (χ4n) is 1.80. The zero-order chi connectivity index (χ0) is 11.9. The number of rotatable bonds is 2. The van der Waals surface area contributed by atoms with Gasteiger partial charge in [0.2, 0.25) is 0 Å². The number of fused-ring (bicyclic) bond motifs is 1. The first-order chi connectivity index (χ1) is 7.50. The molecule has 0 atom stereocenters. The highest BCUT2D eigenvalue weighted by molar-refractivity contribution is 8.01. The Morgan fingerprint density at radius 3 is 2.44 bits per heavy atom. The van der Waals surface area contributed by atoms with E-state index in [1.807, 2.05) is 0 Å². The van der Waals surface area contributed by atoms with Crippen molar-refractivity contribution in [2.24, 2.45) is 4.99 Å². The van der Waals surface area contributed by atoms with Crippen LogP contribution in [-0.4, -0.2) is 23.2 Å². The third-order valence-corrected chi connectivity index (χ3v) is 4.78. The minimum Gasteiger partial charge on any atom is -0.237 e. The summed E-state index contributed by atoms with van der Waals surface area (Å²) in [7, 11) is 0. The Balaban J connectivity index is 2.62. The average Bonchev–Trinajstić information content (AvgIpc) is 2.48. The first kappa shape index (κ1) is 12.0. The van der Waals surface area contributed by atoms with Gasteiger partial charge >= 0.3 is 0 Å². The highest BCUT2D eigenvalue weighted by Gasteiger charge is 2.33. The molecule has 0 aromatic carbocycles. The highest BCUT2D eigenvalue weighted by Crippen LogP contribution is 2.42. The Hall–Kier alpha value is -0.480. The van der Waals surface area contributed by atoms with Crippen molar-refractivity contribution in [1.29, 1.82) is 0 Å². The zero-order valence-corrected chi connectivity index (χ0v) is 11.9. The third-order valence-electron chi connectivity index (χ3n) is 3.20. The smallest absolute Gasteiger partial charge is 0.157 e. The maximum Gasteiger partial charge on any atom is 0.157 e. The van der Waals surface area contributed by atoms with Gasteiger partial charge < -0.3 is 0 Å². The first-order valence-electron chi connectivity index (χ1n) is 5.20. The summed E-state index contributed by atoms with van der Waals surface area (Å²) in [5.41, 5.74) is 2.44. The number of hydrogen-bond acceptors (Lipinski definition) is 4. The van der Waals surface area contributed by atoms with Crippen molar-refractivity contribution >= 4 is 35.1 Å². The molecular weight excluding hydrogens is 236 g/mol. The van der Waals surface area contributed by atoms with Crippen LogP contribution in [0.5, 0.6) is 0 Å². The maximum atomic E-state index is 4.64. The van der Waals surface area contributed by atoms with Crippen molar-refractivity contribution in [2.45, 2.75) is 36.1 Å². The Kier molecular flexibility index (Phi) is 3.05. The quantitative estimate of drug-likeness (QED) is 0.746. The van der Waals surface area contributed by atoms with E-state index in [-0.39, 0.29) is 5.41 Å². The number of aromatic nitrogens is 1. The summed E-state index contributed by atoms with van der Waals surface area (Å²) in [5.74, 6) is 0.907. The minimum absolute atomic E-state index is 0.0315. The van der Waals surface area contributed by atoms with Gasteiger partial charge in [-0.25, -0.2) is 9.98 Å². The van der Waals surface area contributed by atoms with Gasteiger partial charge in [0.15, 0.2) is 5.82 Å². The number of hydrogen-bond donors (Lipinski definition) is 0. The van der Waals surface area contributed by atoms with E-state index in [2.05, 4.69) is 49.3 Å². The Morgan fingerprint density at radius 1 is 1.19 bits per heavy atom. The van der Waals surface area contributed by atoms with Gasteiger partial charge in [0.05, 0.1) is 0 Å². The lowest BCUT2D eigenvalue weighted by molar-refractivity contribution is 0.724. The van der Waals surface area contributed by atoms with E-state index in [4.69, 9.17) is 0 Å². The van der Waals surface area contributed by atoms with Crippen LogP contribution in [0.3, 0.4) is 0 Å². The molecule has 0 N–H and O–H groups in total. The molecule has 0 aliphatic carbocycles. The molecule has 1 aliphatic rings. The average molecular weight is 252 g/mol. The monoisotopic (exact) mass is 252 g/mol. The fourth-order valence-corrected chi connectivity index (χ4v) is 3.19. The van der Waals surface area contributed by atoms with Crippen LogP contribution in [0, 0.1) is 0 Å². The molecule has 0 saturated heterocycles. The Labute approximate surface area is 105 Å². The molecule has 2 nitrogen and oxygen atoms in total. The molecule has 0 bridgehead atoms. The van der Waals surface area contributed by atoms with Gasteiger partial charge in [-0.2, -0.15) is 0 Å². The van der Waals surface area contributed by atoms with E-state index in [0.29, 0.717) is 0 Å². The third kappa shape index (κ3) is 1.68. The minimum atomic E-state index is 0.0315. The van der Waals surface area contributed by atoms with Crippen LogP contribution in [0.15, 0.2) is 21.0 Å². The van der Waals surface area contributed by atoms with Crippen molar-refractivity contribution in [3.63, 3.8) is 0 Å². The van der Waals surface area contributed by atoms with E-state index < -0.39 is 0 Å². The molecule has 0 unspecified atom stereocenters. The van der Waals surface area contributed by atoms with E-state index in [1.54, 1.807) is 23.5 Å². The van der Waals surface area contributed by atoms with Crippen LogP contribution in [0.25, 0.3) is 0 Å². The van der Waals surface area contributed by atoms with Gasteiger partial charge in [0.1, 0.15) is 5.03 Å². The van der Waals surface area contributed by atoms with Crippen molar-refractivity contribution in [3.05, 3.63) is 11.6 Å². The molecule has 1 aromatic rings. The summed E-state index contributed by atoms with van der Waals surface area (Å²) in [4.78, 5) is 10.5. The standard InChI is InChI=1S/C12H16N2S2/c1-7-12(2,3)8-6-9(15-4)11(16-5)14-10(8)13-7/h6H,1-5H3. The zero-order valence-electron chi connectivity index (χ0n) is 10.3. The summed E-state index contributed by atoms with van der Waals surface area (Å²) < 4.78 is 0. The molecule has 2 heterocycles. The molecule has 1 aromatic heterocycles. The van der Waals surface area contributed by atoms with Crippen LogP contribution < -0.4 is 0 Å². The fraction of sp³-hybridized carbons (Fsp3) is 0.500. The molecule has 86 valence electrons. The second-order valence-electron chi connectivity index (χ2n) is 4.39. The SMILES string of the molecule is CSc1cc2c(nc1SC)N=C(C)C2(C)C. The van der Waals surface area contributed by atoms with Crippen LogP contribution in [0.4, 0.5) is 5.82 Å². The van der Waals surface area contributed by atoms with Crippen LogP contribution in [-0.2, 0) is 5.41 Å². The largest absolute Gasteiger partial charge is 0.237 e. The summed E-state index contributed by atoms with van der Waals surface area (Å²) >= 11 is 3.44. The molecular formula is C12H16N2S2. The number of aliphatic imine (C=N–C) groups is 1. The topological polar surface area (TPSA) is 25.2 Å². The molecule has 1 aliphatic heterocycles. The molecule has 2 rings (SSSR count). The highest BCUT2D eigenvalue weighted by atomic mass is 32.2. The number of thioether (sulfide) groups is 2. The predicted molar refractivity (Wildman–Crippen MR) is 73.6 cm³/mol. The van der Waals surface area contributed by atoms with Crippen molar-refractivity contribution in [2.75, 3.05) is 12.5 Å². The van der Waals surface area contributed by atoms with E-state index in [1.165, 1.54) is 10.5 Å². The molecule has 4 heteroatoms. The Morgan fingerprint density at radius 2 is 1.88 bits per heavy atom. The van der Waals surface area contributed by atoms with Crippen molar-refractivity contribution in [1.82, 2.24) is 4.98 Å². The van der Waals surface area contributed by atoms with E-state index in [9.17, 15) is 0 Å². The normalized spacial score (nSPS) is 17.2. The lowest BCUT2D eigenvalue weighted by Gasteiger charge is -2.20. The van der Waals surface area contributed by atoms with E-state index in [0.717, 1.165) is 16.6 Å². The Bertz CT molecular complexity index is 464. The van der Waals surface area contributed by atoms with Gasteiger partial charge in [0.25, 0.3) is 0 Å². The van der Waals surface area contributed by atoms with Gasteiger partial charge in [-0.15, -0.1) is 23.5 Å². The summed E-state index contributed by atoms with van der Waals surface area (Å²) in [6.07, 6.45) is 4.16. The first-order valence-corrected chi connectivity index (χ1v) is 7.65. The summed E-state index contributed by atoms with van der Waals surface area (Å²) in [6.45, 7) is 6.50. The maximum absolute atomic E-state index is 4.64. The molecule has 0 spiro atoms. The second-order valence-corrected chi connectivity index (χ2v) is 6.04. The summed E-state index contributed by atoms with van der Waals surface area (Å²) in [6, 6.07) is 2.25. The lowest BCUT2D eigenvalue weighted by Crippen LogP contribution is -2.22. The molecule has 16 heavy (non-hydrogen) atoms. The van der Waals surface area contributed by atoms with Gasteiger partial charge in [-0.3, -0.25) is 0 Å². The van der Waals surface area contributed by atoms with Crippen LogP contribution >= 0.6 is 23.5 Å². The molecule has 0 fully saturated rings. The van der Waals surface area contributed by atoms with Gasteiger partial charge in [0, 0.05) is 21.6 Å². The number of nitrogens with zero attached hydrogens (tertiary/aromatic N) is 2. The molecule has 0 amide bonds. The van der Waals surface area contributed by atoms with Gasteiger partial charge in [-0.05, 0) is 25.5 Å². The predicted octanol–water partition coefficient (Wildman–Crippen LogP) is 3.91. The number of pyridine rings is 1.